The highest BCUT2D eigenvalue weighted by Crippen LogP contribution is 2.28. The molecule has 5 nitrogen and oxygen atoms in total. The Morgan fingerprint density at radius 3 is 2.81 bits per heavy atom. The highest BCUT2D eigenvalue weighted by Gasteiger charge is 2.18. The van der Waals surface area contributed by atoms with Crippen LogP contribution in [0.5, 0.6) is 0 Å². The van der Waals surface area contributed by atoms with Gasteiger partial charge in [-0.05, 0) is 25.0 Å². The minimum Gasteiger partial charge on any atom is -0.382 e. The van der Waals surface area contributed by atoms with E-state index in [0.717, 1.165) is 29.3 Å². The van der Waals surface area contributed by atoms with E-state index >= 15 is 0 Å². The number of aryl methyl sites for hydroxylation is 1. The normalized spacial score (nSPS) is 10.4. The van der Waals surface area contributed by atoms with Crippen LogP contribution in [0.4, 0.5) is 16.6 Å². The van der Waals surface area contributed by atoms with Crippen molar-refractivity contribution in [3.05, 3.63) is 34.7 Å². The van der Waals surface area contributed by atoms with E-state index in [1.165, 1.54) is 11.3 Å². The monoisotopic (exact) mass is 304 g/mol. The summed E-state index contributed by atoms with van der Waals surface area (Å²) in [7, 11) is 1.95. The van der Waals surface area contributed by atoms with E-state index in [-0.39, 0.29) is 11.7 Å². The molecule has 1 aromatic carbocycles. The molecule has 21 heavy (non-hydrogen) atoms. The molecule has 0 fully saturated rings. The van der Waals surface area contributed by atoms with Gasteiger partial charge in [0.2, 0.25) is 0 Å². The molecule has 0 atom stereocenters. The Hall–Kier alpha value is -2.08. The van der Waals surface area contributed by atoms with Crippen molar-refractivity contribution in [1.29, 1.82) is 0 Å². The first-order valence-electron chi connectivity index (χ1n) is 6.87. The number of hydrogen-bond donors (Lipinski definition) is 2. The van der Waals surface area contributed by atoms with Gasteiger partial charge in [0.1, 0.15) is 10.7 Å². The predicted molar refractivity (Wildman–Crippen MR) is 89.2 cm³/mol. The third-order valence-electron chi connectivity index (χ3n) is 3.13. The number of amides is 1. The summed E-state index contributed by atoms with van der Waals surface area (Å²) in [6.07, 6.45) is 1.01. The Morgan fingerprint density at radius 1 is 1.43 bits per heavy atom. The van der Waals surface area contributed by atoms with Crippen molar-refractivity contribution in [2.24, 2.45) is 0 Å². The third-order valence-corrected chi connectivity index (χ3v) is 4.31. The Morgan fingerprint density at radius 2 is 2.14 bits per heavy atom. The standard InChI is InChI=1S/C15H20N4OS/c1-4-9-19(3)15-18-13(16)12(21-15)14(20)17-11-8-6-5-7-10(11)2/h5-8H,4,9,16H2,1-3H3,(H,17,20). The second kappa shape index (κ2) is 6.58. The summed E-state index contributed by atoms with van der Waals surface area (Å²) in [6, 6.07) is 7.64. The molecule has 0 unspecified atom stereocenters. The fraction of sp³-hybridized carbons (Fsp3) is 0.333. The van der Waals surface area contributed by atoms with Crippen molar-refractivity contribution in [3.63, 3.8) is 0 Å². The number of thiazole rings is 1. The van der Waals surface area contributed by atoms with E-state index in [1.54, 1.807) is 0 Å². The highest BCUT2D eigenvalue weighted by molar-refractivity contribution is 7.18. The summed E-state index contributed by atoms with van der Waals surface area (Å²) >= 11 is 1.32. The van der Waals surface area contributed by atoms with Gasteiger partial charge < -0.3 is 16.0 Å². The number of nitrogen functional groups attached to an aromatic ring is 1. The van der Waals surface area contributed by atoms with Crippen LogP contribution >= 0.6 is 11.3 Å². The van der Waals surface area contributed by atoms with Gasteiger partial charge in [-0.1, -0.05) is 36.5 Å². The average molecular weight is 304 g/mol. The zero-order valence-corrected chi connectivity index (χ0v) is 13.3. The lowest BCUT2D eigenvalue weighted by molar-refractivity contribution is 0.103. The number of nitrogens with zero attached hydrogens (tertiary/aromatic N) is 2. The number of benzene rings is 1. The zero-order valence-electron chi connectivity index (χ0n) is 12.5. The molecule has 3 N–H and O–H groups in total. The molecule has 0 aliphatic carbocycles. The summed E-state index contributed by atoms with van der Waals surface area (Å²) in [4.78, 5) is 19.1. The van der Waals surface area contributed by atoms with Crippen molar-refractivity contribution in [1.82, 2.24) is 4.98 Å². The van der Waals surface area contributed by atoms with Crippen molar-refractivity contribution >= 4 is 33.9 Å². The second-order valence-electron chi connectivity index (χ2n) is 4.90. The van der Waals surface area contributed by atoms with Crippen LogP contribution in [0.2, 0.25) is 0 Å². The van der Waals surface area contributed by atoms with Crippen LogP contribution < -0.4 is 16.0 Å². The molecule has 1 heterocycles. The van der Waals surface area contributed by atoms with Crippen LogP contribution in [0.25, 0.3) is 0 Å². The zero-order chi connectivity index (χ0) is 15.4. The first-order valence-corrected chi connectivity index (χ1v) is 7.69. The van der Waals surface area contributed by atoms with Crippen LogP contribution in [-0.4, -0.2) is 24.5 Å². The molecule has 6 heteroatoms. The van der Waals surface area contributed by atoms with Crippen LogP contribution in [0.3, 0.4) is 0 Å². The molecule has 0 saturated carbocycles. The summed E-state index contributed by atoms with van der Waals surface area (Å²) in [6.45, 7) is 4.93. The molecule has 1 amide bonds. The third kappa shape index (κ3) is 3.52. The Balaban J connectivity index is 2.18. The SMILES string of the molecule is CCCN(C)c1nc(N)c(C(=O)Nc2ccccc2C)s1. The first-order chi connectivity index (χ1) is 10.0. The first kappa shape index (κ1) is 15.3. The second-order valence-corrected chi connectivity index (χ2v) is 5.88. The fourth-order valence-electron chi connectivity index (χ4n) is 1.97. The number of nitrogens with two attached hydrogens (primary N) is 1. The number of aromatic nitrogens is 1. The van der Waals surface area contributed by atoms with Gasteiger partial charge in [-0.25, -0.2) is 4.98 Å². The summed E-state index contributed by atoms with van der Waals surface area (Å²) < 4.78 is 0. The van der Waals surface area contributed by atoms with Crippen LogP contribution in [0.1, 0.15) is 28.6 Å². The van der Waals surface area contributed by atoms with Gasteiger partial charge in [-0.3, -0.25) is 4.79 Å². The summed E-state index contributed by atoms with van der Waals surface area (Å²) in [5.41, 5.74) is 7.68. The molecule has 0 aliphatic heterocycles. The molecule has 0 spiro atoms. The number of carbonyl (C=O) groups is 1. The molecular formula is C15H20N4OS. The average Bonchev–Trinajstić information content (AvgIpc) is 2.84. The van der Waals surface area contributed by atoms with Gasteiger partial charge in [-0.15, -0.1) is 0 Å². The Labute approximate surface area is 128 Å². The van der Waals surface area contributed by atoms with E-state index < -0.39 is 0 Å². The van der Waals surface area contributed by atoms with Gasteiger partial charge in [0, 0.05) is 19.3 Å². The van der Waals surface area contributed by atoms with Crippen molar-refractivity contribution < 1.29 is 4.79 Å². The fourth-order valence-corrected chi connectivity index (χ4v) is 2.84. The maximum atomic E-state index is 12.3. The van der Waals surface area contributed by atoms with E-state index in [9.17, 15) is 4.79 Å². The van der Waals surface area contributed by atoms with Gasteiger partial charge in [0.05, 0.1) is 0 Å². The molecule has 1 aromatic heterocycles. The van der Waals surface area contributed by atoms with E-state index in [4.69, 9.17) is 5.73 Å². The minimum atomic E-state index is -0.213. The van der Waals surface area contributed by atoms with Crippen LogP contribution in [0, 0.1) is 6.92 Å². The Bertz CT molecular complexity index is 638. The minimum absolute atomic E-state index is 0.213. The van der Waals surface area contributed by atoms with E-state index in [1.807, 2.05) is 43.1 Å². The number of nitrogens with one attached hydrogen (secondary N) is 1. The number of anilines is 3. The van der Waals surface area contributed by atoms with Gasteiger partial charge in [-0.2, -0.15) is 0 Å². The molecule has 0 saturated heterocycles. The maximum Gasteiger partial charge on any atom is 0.269 e. The van der Waals surface area contributed by atoms with Gasteiger partial charge in [0.25, 0.3) is 5.91 Å². The summed E-state index contributed by atoms with van der Waals surface area (Å²) in [5, 5.41) is 3.65. The number of para-hydroxylation sites is 1. The van der Waals surface area contributed by atoms with Crippen LogP contribution in [0.15, 0.2) is 24.3 Å². The molecule has 112 valence electrons. The lowest BCUT2D eigenvalue weighted by atomic mass is 10.2. The molecule has 0 bridgehead atoms. The largest absolute Gasteiger partial charge is 0.382 e. The highest BCUT2D eigenvalue weighted by atomic mass is 32.1. The van der Waals surface area contributed by atoms with Crippen molar-refractivity contribution in [3.8, 4) is 0 Å². The molecule has 2 rings (SSSR count). The molecule has 0 radical (unpaired) electrons. The lowest BCUT2D eigenvalue weighted by Gasteiger charge is -2.13. The quantitative estimate of drug-likeness (QED) is 0.890. The van der Waals surface area contributed by atoms with Crippen LogP contribution in [-0.2, 0) is 0 Å². The number of rotatable bonds is 5. The summed E-state index contributed by atoms with van der Waals surface area (Å²) in [5.74, 6) is 0.0690. The van der Waals surface area contributed by atoms with Gasteiger partial charge >= 0.3 is 0 Å². The number of hydrogen-bond acceptors (Lipinski definition) is 5. The van der Waals surface area contributed by atoms with Crippen molar-refractivity contribution in [2.45, 2.75) is 20.3 Å². The van der Waals surface area contributed by atoms with E-state index in [2.05, 4.69) is 17.2 Å². The molecule has 0 aliphatic rings. The smallest absolute Gasteiger partial charge is 0.269 e. The van der Waals surface area contributed by atoms with E-state index in [0.29, 0.717) is 4.88 Å². The topological polar surface area (TPSA) is 71.2 Å². The predicted octanol–water partition coefficient (Wildman–Crippen LogP) is 3.13. The number of carbonyl (C=O) groups excluding carboxylic acids is 1. The molecular weight excluding hydrogens is 284 g/mol. The van der Waals surface area contributed by atoms with Gasteiger partial charge in [0.15, 0.2) is 5.13 Å². The lowest BCUT2D eigenvalue weighted by Crippen LogP contribution is -2.17. The van der Waals surface area contributed by atoms with Crippen molar-refractivity contribution in [2.75, 3.05) is 29.5 Å². The maximum absolute atomic E-state index is 12.3. The molecule has 2 aromatic rings. The Kier molecular flexibility index (Phi) is 4.80.